The summed E-state index contributed by atoms with van der Waals surface area (Å²) in [6.45, 7) is 0.608. The molecule has 0 atom stereocenters. The molecule has 0 fully saturated rings. The zero-order valence-corrected chi connectivity index (χ0v) is 13.4. The fourth-order valence-electron chi connectivity index (χ4n) is 2.14. The molecule has 3 rings (SSSR count). The quantitative estimate of drug-likeness (QED) is 0.833. The van der Waals surface area contributed by atoms with E-state index in [0.29, 0.717) is 22.5 Å². The highest BCUT2D eigenvalue weighted by Crippen LogP contribution is 2.32. The van der Waals surface area contributed by atoms with Gasteiger partial charge in [0.25, 0.3) is 0 Å². The number of hydrogen-bond donors (Lipinski definition) is 1. The minimum atomic E-state index is -0.244. The third-order valence-corrected chi connectivity index (χ3v) is 3.85. The van der Waals surface area contributed by atoms with Crippen LogP contribution in [0.15, 0.2) is 41.0 Å². The van der Waals surface area contributed by atoms with Crippen LogP contribution in [-0.4, -0.2) is 19.8 Å². The standard InChI is InChI=1S/C15H13BrN2O4/c1-20-18-6-2-3-11(16)14(18)15(19)17-8-10-4-5-12-13(7-10)22-9-21-12/h2-7H,8-9H2,1H3/p+1. The largest absolute Gasteiger partial charge is 0.454 e. The Bertz CT molecular complexity index is 721. The Morgan fingerprint density at radius 1 is 1.36 bits per heavy atom. The molecule has 1 aromatic carbocycles. The minimum absolute atomic E-state index is 0.232. The van der Waals surface area contributed by atoms with Crippen LogP contribution in [0.25, 0.3) is 0 Å². The highest BCUT2D eigenvalue weighted by atomic mass is 79.9. The van der Waals surface area contributed by atoms with E-state index < -0.39 is 0 Å². The lowest BCUT2D eigenvalue weighted by Gasteiger charge is -2.06. The van der Waals surface area contributed by atoms with Crippen LogP contribution in [0.1, 0.15) is 16.1 Å². The first-order chi connectivity index (χ1) is 10.7. The fourth-order valence-corrected chi connectivity index (χ4v) is 2.65. The maximum Gasteiger partial charge on any atom is 0.335 e. The molecule has 7 heteroatoms. The summed E-state index contributed by atoms with van der Waals surface area (Å²) in [6, 6.07) is 9.13. The predicted octanol–water partition coefficient (Wildman–Crippen LogP) is 1.45. The lowest BCUT2D eigenvalue weighted by molar-refractivity contribution is -0.887. The first-order valence-corrected chi connectivity index (χ1v) is 7.39. The van der Waals surface area contributed by atoms with E-state index in [-0.39, 0.29) is 12.7 Å². The summed E-state index contributed by atoms with van der Waals surface area (Å²) in [5.74, 6) is 1.17. The SMILES string of the molecule is CO[n+]1cccc(Br)c1C(=O)NCc1ccc2c(c1)OCO2. The van der Waals surface area contributed by atoms with Crippen LogP contribution >= 0.6 is 15.9 Å². The molecule has 0 bridgehead atoms. The van der Waals surface area contributed by atoms with Gasteiger partial charge in [-0.05, 0) is 39.7 Å². The highest BCUT2D eigenvalue weighted by molar-refractivity contribution is 9.10. The molecule has 0 saturated carbocycles. The fraction of sp³-hybridized carbons (Fsp3) is 0.200. The molecule has 0 radical (unpaired) electrons. The highest BCUT2D eigenvalue weighted by Gasteiger charge is 2.24. The second kappa shape index (κ2) is 6.23. The number of ether oxygens (including phenoxy) is 2. The number of amides is 1. The molecule has 1 aliphatic rings. The number of carbonyl (C=O) groups excluding carboxylic acids is 1. The zero-order valence-electron chi connectivity index (χ0n) is 11.8. The van der Waals surface area contributed by atoms with Crippen molar-refractivity contribution < 1.29 is 23.8 Å². The van der Waals surface area contributed by atoms with Gasteiger partial charge < -0.3 is 14.8 Å². The van der Waals surface area contributed by atoms with Crippen LogP contribution in [0.4, 0.5) is 0 Å². The number of halogens is 1. The van der Waals surface area contributed by atoms with Crippen molar-refractivity contribution in [3.63, 3.8) is 0 Å². The average molecular weight is 366 g/mol. The molecule has 0 unspecified atom stereocenters. The van der Waals surface area contributed by atoms with Crippen molar-refractivity contribution in [3.05, 3.63) is 52.3 Å². The number of fused-ring (bicyclic) bond motifs is 1. The van der Waals surface area contributed by atoms with Gasteiger partial charge in [-0.25, -0.2) is 0 Å². The minimum Gasteiger partial charge on any atom is -0.454 e. The van der Waals surface area contributed by atoms with E-state index in [1.54, 1.807) is 18.3 Å². The van der Waals surface area contributed by atoms with Crippen LogP contribution in [0.3, 0.4) is 0 Å². The summed E-state index contributed by atoms with van der Waals surface area (Å²) >= 11 is 3.36. The third kappa shape index (κ3) is 2.85. The number of nitrogens with zero attached hydrogens (tertiary/aromatic N) is 1. The molecule has 1 aromatic heterocycles. The summed E-state index contributed by atoms with van der Waals surface area (Å²) in [6.07, 6.45) is 1.67. The molecular formula is C15H14BrN2O4+. The van der Waals surface area contributed by atoms with E-state index in [9.17, 15) is 4.79 Å². The Kier molecular flexibility index (Phi) is 4.15. The molecule has 0 spiro atoms. The number of nitrogens with one attached hydrogen (secondary N) is 1. The maximum atomic E-state index is 12.4. The van der Waals surface area contributed by atoms with Gasteiger partial charge in [-0.1, -0.05) is 6.07 Å². The summed E-state index contributed by atoms with van der Waals surface area (Å²) in [7, 11) is 1.50. The Hall–Kier alpha value is -2.28. The molecule has 6 nitrogen and oxygen atoms in total. The number of aromatic nitrogens is 1. The van der Waals surface area contributed by atoms with Crippen molar-refractivity contribution in [2.75, 3.05) is 13.9 Å². The van der Waals surface area contributed by atoms with Crippen molar-refractivity contribution in [1.82, 2.24) is 5.32 Å². The second-order valence-corrected chi connectivity index (χ2v) is 5.44. The first-order valence-electron chi connectivity index (χ1n) is 6.60. The normalized spacial score (nSPS) is 12.1. The van der Waals surface area contributed by atoms with Gasteiger partial charge in [-0.15, -0.1) is 0 Å². The molecule has 22 heavy (non-hydrogen) atoms. The second-order valence-electron chi connectivity index (χ2n) is 4.58. The number of carbonyl (C=O) groups is 1. The smallest absolute Gasteiger partial charge is 0.335 e. The van der Waals surface area contributed by atoms with Crippen molar-refractivity contribution in [2.24, 2.45) is 0 Å². The van der Waals surface area contributed by atoms with Crippen LogP contribution in [0, 0.1) is 0 Å². The average Bonchev–Trinajstić information content (AvgIpc) is 2.99. The van der Waals surface area contributed by atoms with Crippen molar-refractivity contribution in [3.8, 4) is 11.5 Å². The topological polar surface area (TPSA) is 60.7 Å². The zero-order chi connectivity index (χ0) is 15.5. The molecule has 0 aliphatic carbocycles. The van der Waals surface area contributed by atoms with Crippen LogP contribution in [0.5, 0.6) is 11.5 Å². The van der Waals surface area contributed by atoms with E-state index in [0.717, 1.165) is 11.3 Å². The Labute approximate surface area is 135 Å². The molecule has 2 aromatic rings. The van der Waals surface area contributed by atoms with Gasteiger partial charge in [0, 0.05) is 17.3 Å². The van der Waals surface area contributed by atoms with E-state index in [2.05, 4.69) is 21.2 Å². The van der Waals surface area contributed by atoms with Crippen molar-refractivity contribution in [2.45, 2.75) is 6.54 Å². The van der Waals surface area contributed by atoms with Gasteiger partial charge >= 0.3 is 11.6 Å². The van der Waals surface area contributed by atoms with Gasteiger partial charge in [-0.2, -0.15) is 0 Å². The van der Waals surface area contributed by atoms with E-state index >= 15 is 0 Å². The van der Waals surface area contributed by atoms with Crippen molar-refractivity contribution >= 4 is 21.8 Å². The molecular weight excluding hydrogens is 352 g/mol. The molecule has 0 saturated heterocycles. The van der Waals surface area contributed by atoms with E-state index in [4.69, 9.17) is 14.3 Å². The van der Waals surface area contributed by atoms with E-state index in [1.165, 1.54) is 11.8 Å². The maximum absolute atomic E-state index is 12.4. The molecule has 114 valence electrons. The number of benzene rings is 1. The van der Waals surface area contributed by atoms with Crippen LogP contribution in [-0.2, 0) is 6.54 Å². The summed E-state index contributed by atoms with van der Waals surface area (Å²) < 4.78 is 12.6. The summed E-state index contributed by atoms with van der Waals surface area (Å²) in [4.78, 5) is 17.5. The molecule has 1 N–H and O–H groups in total. The molecule has 1 amide bonds. The number of hydrogen-bond acceptors (Lipinski definition) is 4. The Balaban J connectivity index is 1.73. The van der Waals surface area contributed by atoms with E-state index in [1.807, 2.05) is 18.2 Å². The summed E-state index contributed by atoms with van der Waals surface area (Å²) in [5.41, 5.74) is 1.32. The predicted molar refractivity (Wildman–Crippen MR) is 80.6 cm³/mol. The van der Waals surface area contributed by atoms with Gasteiger partial charge in [0.2, 0.25) is 13.0 Å². The third-order valence-electron chi connectivity index (χ3n) is 3.21. The summed E-state index contributed by atoms with van der Waals surface area (Å²) in [5, 5.41) is 2.86. The van der Waals surface area contributed by atoms with Crippen LogP contribution < -0.4 is 24.4 Å². The van der Waals surface area contributed by atoms with Crippen LogP contribution in [0.2, 0.25) is 0 Å². The number of pyridine rings is 1. The Morgan fingerprint density at radius 3 is 3.00 bits per heavy atom. The molecule has 1 aliphatic heterocycles. The van der Waals surface area contributed by atoms with Gasteiger partial charge in [0.05, 0.1) is 0 Å². The lowest BCUT2D eigenvalue weighted by atomic mass is 10.2. The Morgan fingerprint density at radius 2 is 2.18 bits per heavy atom. The van der Waals surface area contributed by atoms with Gasteiger partial charge in [-0.3, -0.25) is 9.63 Å². The van der Waals surface area contributed by atoms with Crippen molar-refractivity contribution in [1.29, 1.82) is 0 Å². The van der Waals surface area contributed by atoms with Gasteiger partial charge in [0.15, 0.2) is 11.5 Å². The molecule has 2 heterocycles. The monoisotopic (exact) mass is 365 g/mol. The first kappa shape index (κ1) is 14.6. The number of rotatable bonds is 4. The lowest BCUT2D eigenvalue weighted by Crippen LogP contribution is -2.48. The van der Waals surface area contributed by atoms with Gasteiger partial charge in [0.1, 0.15) is 11.6 Å².